The van der Waals surface area contributed by atoms with Gasteiger partial charge in [-0.15, -0.1) is 0 Å². The average Bonchev–Trinajstić information content (AvgIpc) is 2.41. The molecule has 2 N–H and O–H groups in total. The summed E-state index contributed by atoms with van der Waals surface area (Å²) < 4.78 is 38.4. The van der Waals surface area contributed by atoms with Crippen molar-refractivity contribution in [3.8, 4) is 0 Å². The summed E-state index contributed by atoms with van der Waals surface area (Å²) in [6.07, 6.45) is -4.18. The molecule has 0 spiro atoms. The van der Waals surface area contributed by atoms with Crippen LogP contribution in [-0.2, 0) is 0 Å². The Bertz CT molecular complexity index is 656. The normalized spacial score (nSPS) is 22.9. The molecule has 23 heavy (non-hydrogen) atoms. The first-order valence-electron chi connectivity index (χ1n) is 7.25. The summed E-state index contributed by atoms with van der Waals surface area (Å²) in [5.74, 6) is -0.668. The van der Waals surface area contributed by atoms with E-state index in [-0.39, 0.29) is 25.1 Å². The third-order valence-electron chi connectivity index (χ3n) is 4.10. The predicted octanol–water partition coefficient (Wildman–Crippen LogP) is 1.14. The third-order valence-corrected chi connectivity index (χ3v) is 4.10. The molecule has 1 aliphatic rings. The molecule has 0 unspecified atom stereocenters. The second-order valence-electron chi connectivity index (χ2n) is 5.87. The molecule has 1 aliphatic heterocycles. The zero-order valence-corrected chi connectivity index (χ0v) is 13.1. The number of carbonyl (C=O) groups excluding carboxylic acids is 1. The standard InChI is InChI=1S/C14H19F3N4O2/c1-7-8(2)19-12(22)11(18-7)13(23)20-9-4-5-10(14(15,16)17)21(3)6-9/h9-10H,4-6H2,1-3H3,(H,19,22)(H,20,23)/t9-,10+/m1/s1. The van der Waals surface area contributed by atoms with Crippen LogP contribution >= 0.6 is 0 Å². The smallest absolute Gasteiger partial charge is 0.346 e. The fourth-order valence-electron chi connectivity index (χ4n) is 2.71. The molecular formula is C14H19F3N4O2. The molecule has 1 fully saturated rings. The number of nitrogens with zero attached hydrogens (tertiary/aromatic N) is 2. The van der Waals surface area contributed by atoms with Gasteiger partial charge in [0.05, 0.1) is 5.69 Å². The summed E-state index contributed by atoms with van der Waals surface area (Å²) in [5.41, 5.74) is 0.209. The summed E-state index contributed by atoms with van der Waals surface area (Å²) in [5, 5.41) is 2.59. The second kappa shape index (κ2) is 6.31. The van der Waals surface area contributed by atoms with E-state index in [1.165, 1.54) is 11.9 Å². The lowest BCUT2D eigenvalue weighted by Crippen LogP contribution is -2.55. The highest BCUT2D eigenvalue weighted by molar-refractivity contribution is 5.92. The van der Waals surface area contributed by atoms with E-state index in [9.17, 15) is 22.8 Å². The number of halogens is 3. The Balaban J connectivity index is 2.05. The first-order valence-corrected chi connectivity index (χ1v) is 7.25. The van der Waals surface area contributed by atoms with E-state index >= 15 is 0 Å². The Labute approximate surface area is 131 Å². The summed E-state index contributed by atoms with van der Waals surface area (Å²) in [6, 6.07) is -1.95. The lowest BCUT2D eigenvalue weighted by atomic mass is 9.98. The number of likely N-dealkylation sites (N-methyl/N-ethyl adjacent to an activating group) is 1. The summed E-state index contributed by atoms with van der Waals surface area (Å²) in [6.45, 7) is 3.39. The molecule has 1 aromatic heterocycles. The van der Waals surface area contributed by atoms with Crippen molar-refractivity contribution in [2.24, 2.45) is 0 Å². The number of nitrogens with one attached hydrogen (secondary N) is 2. The van der Waals surface area contributed by atoms with Gasteiger partial charge in [0.25, 0.3) is 11.5 Å². The highest BCUT2D eigenvalue weighted by Gasteiger charge is 2.45. The van der Waals surface area contributed by atoms with Gasteiger partial charge in [-0.25, -0.2) is 4.98 Å². The molecule has 1 amide bonds. The number of hydrogen-bond acceptors (Lipinski definition) is 4. The van der Waals surface area contributed by atoms with Crippen LogP contribution in [0.5, 0.6) is 0 Å². The Morgan fingerprint density at radius 3 is 2.57 bits per heavy atom. The van der Waals surface area contributed by atoms with Crippen LogP contribution < -0.4 is 10.9 Å². The van der Waals surface area contributed by atoms with Gasteiger partial charge < -0.3 is 10.3 Å². The number of hydrogen-bond donors (Lipinski definition) is 2. The Morgan fingerprint density at radius 1 is 1.35 bits per heavy atom. The van der Waals surface area contributed by atoms with E-state index in [1.807, 2.05) is 0 Å². The largest absolute Gasteiger partial charge is 0.404 e. The van der Waals surface area contributed by atoms with Crippen molar-refractivity contribution < 1.29 is 18.0 Å². The van der Waals surface area contributed by atoms with Gasteiger partial charge >= 0.3 is 6.18 Å². The van der Waals surface area contributed by atoms with Gasteiger partial charge in [-0.3, -0.25) is 14.5 Å². The number of carbonyl (C=O) groups is 1. The summed E-state index contributed by atoms with van der Waals surface area (Å²) >= 11 is 0. The minimum atomic E-state index is -4.28. The van der Waals surface area contributed by atoms with Crippen molar-refractivity contribution in [3.05, 3.63) is 27.4 Å². The van der Waals surface area contributed by atoms with Crippen LogP contribution in [0.4, 0.5) is 13.2 Å². The quantitative estimate of drug-likeness (QED) is 0.851. The molecule has 6 nitrogen and oxygen atoms in total. The minimum absolute atomic E-state index is 0.0681. The highest BCUT2D eigenvalue weighted by Crippen LogP contribution is 2.30. The van der Waals surface area contributed by atoms with Gasteiger partial charge in [-0.05, 0) is 33.7 Å². The summed E-state index contributed by atoms with van der Waals surface area (Å²) in [4.78, 5) is 31.6. The SMILES string of the molecule is Cc1nc(C(=O)N[C@@H]2CC[C@@H](C(F)(F)F)N(C)C2)c(=O)[nH]c1C. The number of aromatic amines is 1. The van der Waals surface area contributed by atoms with Crippen LogP contribution in [0, 0.1) is 13.8 Å². The average molecular weight is 332 g/mol. The third kappa shape index (κ3) is 3.90. The maximum Gasteiger partial charge on any atom is 0.404 e. The number of aromatic nitrogens is 2. The minimum Gasteiger partial charge on any atom is -0.346 e. The van der Waals surface area contributed by atoms with Crippen LogP contribution in [0.15, 0.2) is 4.79 Å². The van der Waals surface area contributed by atoms with Crippen molar-refractivity contribution in [1.82, 2.24) is 20.2 Å². The highest BCUT2D eigenvalue weighted by atomic mass is 19.4. The predicted molar refractivity (Wildman–Crippen MR) is 77.3 cm³/mol. The molecule has 0 aliphatic carbocycles. The second-order valence-corrected chi connectivity index (χ2v) is 5.87. The molecule has 0 saturated carbocycles. The molecule has 128 valence electrons. The summed E-state index contributed by atoms with van der Waals surface area (Å²) in [7, 11) is 1.37. The number of amides is 1. The van der Waals surface area contributed by atoms with Gasteiger partial charge in [0.15, 0.2) is 5.69 Å². The number of H-pyrrole nitrogens is 1. The first-order chi connectivity index (χ1) is 10.6. The first kappa shape index (κ1) is 17.5. The molecule has 2 atom stereocenters. The Morgan fingerprint density at radius 2 is 2.00 bits per heavy atom. The molecule has 1 saturated heterocycles. The molecular weight excluding hydrogens is 313 g/mol. The van der Waals surface area contributed by atoms with E-state index in [2.05, 4.69) is 15.3 Å². The van der Waals surface area contributed by atoms with Crippen LogP contribution in [0.1, 0.15) is 34.7 Å². The van der Waals surface area contributed by atoms with Gasteiger partial charge in [0.2, 0.25) is 0 Å². The van der Waals surface area contributed by atoms with Crippen molar-refractivity contribution >= 4 is 5.91 Å². The van der Waals surface area contributed by atoms with E-state index in [1.54, 1.807) is 13.8 Å². The lowest BCUT2D eigenvalue weighted by molar-refractivity contribution is -0.188. The van der Waals surface area contributed by atoms with Crippen molar-refractivity contribution in [3.63, 3.8) is 0 Å². The van der Waals surface area contributed by atoms with Crippen LogP contribution in [0.2, 0.25) is 0 Å². The number of alkyl halides is 3. The molecule has 0 radical (unpaired) electrons. The topological polar surface area (TPSA) is 78.1 Å². The van der Waals surface area contributed by atoms with Crippen molar-refractivity contribution in [2.45, 2.75) is 44.9 Å². The molecule has 2 rings (SSSR count). The van der Waals surface area contributed by atoms with Gasteiger partial charge in [-0.2, -0.15) is 13.2 Å². The Hall–Kier alpha value is -1.90. The fourth-order valence-corrected chi connectivity index (χ4v) is 2.71. The number of likely N-dealkylation sites (tertiary alicyclic amines) is 1. The van der Waals surface area contributed by atoms with E-state index in [0.29, 0.717) is 11.4 Å². The van der Waals surface area contributed by atoms with Crippen LogP contribution in [0.25, 0.3) is 0 Å². The number of piperidine rings is 1. The zero-order chi connectivity index (χ0) is 17.4. The molecule has 0 aromatic carbocycles. The molecule has 1 aromatic rings. The van der Waals surface area contributed by atoms with Crippen LogP contribution in [-0.4, -0.2) is 52.6 Å². The van der Waals surface area contributed by atoms with E-state index < -0.39 is 29.7 Å². The molecule has 9 heteroatoms. The monoisotopic (exact) mass is 332 g/mol. The maximum absolute atomic E-state index is 12.8. The Kier molecular flexibility index (Phi) is 4.79. The van der Waals surface area contributed by atoms with Crippen molar-refractivity contribution in [2.75, 3.05) is 13.6 Å². The number of aryl methyl sites for hydroxylation is 2. The molecule has 2 heterocycles. The van der Waals surface area contributed by atoms with Crippen LogP contribution in [0.3, 0.4) is 0 Å². The zero-order valence-electron chi connectivity index (χ0n) is 13.1. The van der Waals surface area contributed by atoms with Crippen molar-refractivity contribution in [1.29, 1.82) is 0 Å². The van der Waals surface area contributed by atoms with Gasteiger partial charge in [0, 0.05) is 18.3 Å². The van der Waals surface area contributed by atoms with Gasteiger partial charge in [-0.1, -0.05) is 0 Å². The van der Waals surface area contributed by atoms with Gasteiger partial charge in [0.1, 0.15) is 6.04 Å². The fraction of sp³-hybridized carbons (Fsp3) is 0.643. The molecule has 0 bridgehead atoms. The number of rotatable bonds is 2. The van der Waals surface area contributed by atoms with E-state index in [0.717, 1.165) is 0 Å². The lowest BCUT2D eigenvalue weighted by Gasteiger charge is -2.38. The van der Waals surface area contributed by atoms with E-state index in [4.69, 9.17) is 0 Å². The maximum atomic E-state index is 12.8.